The van der Waals surface area contributed by atoms with Gasteiger partial charge in [-0.2, -0.15) is 0 Å². The minimum Gasteiger partial charge on any atom is -0.365 e. The van der Waals surface area contributed by atoms with Crippen LogP contribution in [0.3, 0.4) is 0 Å². The third-order valence-corrected chi connectivity index (χ3v) is 1.94. The normalized spacial score (nSPS) is 9.50. The van der Waals surface area contributed by atoms with Crippen LogP contribution in [0.4, 0.5) is 5.82 Å². The number of halogens is 2. The fourth-order valence-corrected chi connectivity index (χ4v) is 1.41. The lowest BCUT2D eigenvalue weighted by Gasteiger charge is -2.03. The number of aromatic nitrogens is 1. The van der Waals surface area contributed by atoms with E-state index in [-0.39, 0.29) is 0 Å². The molecule has 1 aromatic heterocycles. The number of hydrogen-bond acceptors (Lipinski definition) is 2. The van der Waals surface area contributed by atoms with Crippen molar-refractivity contribution in [1.29, 1.82) is 0 Å². The fraction of sp³-hybridized carbons (Fsp3) is 0.125. The molecule has 0 unspecified atom stereocenters. The van der Waals surface area contributed by atoms with Crippen molar-refractivity contribution in [2.75, 3.05) is 11.9 Å². The highest BCUT2D eigenvalue weighted by atomic mass is 79.9. The SMILES string of the molecule is C=CCNc1ncc(Br)cc1Cl. The summed E-state index contributed by atoms with van der Waals surface area (Å²) >= 11 is 9.15. The molecular formula is C8H8BrClN2. The Morgan fingerprint density at radius 2 is 2.50 bits per heavy atom. The quantitative estimate of drug-likeness (QED) is 0.830. The Kier molecular flexibility index (Phi) is 3.56. The van der Waals surface area contributed by atoms with Gasteiger partial charge in [0.2, 0.25) is 0 Å². The minimum atomic E-state index is 0.603. The smallest absolute Gasteiger partial charge is 0.145 e. The number of hydrogen-bond donors (Lipinski definition) is 1. The number of nitrogens with zero attached hydrogens (tertiary/aromatic N) is 1. The third kappa shape index (κ3) is 2.50. The van der Waals surface area contributed by atoms with Gasteiger partial charge in [0, 0.05) is 17.2 Å². The first-order valence-corrected chi connectivity index (χ1v) is 4.57. The fourth-order valence-electron chi connectivity index (χ4n) is 0.713. The molecule has 0 amide bonds. The topological polar surface area (TPSA) is 24.9 Å². The van der Waals surface area contributed by atoms with Gasteiger partial charge in [-0.15, -0.1) is 6.58 Å². The molecule has 0 aromatic carbocycles. The van der Waals surface area contributed by atoms with Gasteiger partial charge in [-0.3, -0.25) is 0 Å². The van der Waals surface area contributed by atoms with Crippen LogP contribution in [0.1, 0.15) is 0 Å². The van der Waals surface area contributed by atoms with Crippen molar-refractivity contribution in [3.05, 3.63) is 34.4 Å². The van der Waals surface area contributed by atoms with Crippen molar-refractivity contribution in [2.24, 2.45) is 0 Å². The van der Waals surface area contributed by atoms with Gasteiger partial charge in [-0.05, 0) is 22.0 Å². The molecule has 1 rings (SSSR count). The molecule has 0 saturated carbocycles. The maximum Gasteiger partial charge on any atom is 0.145 e. The maximum atomic E-state index is 5.88. The number of anilines is 1. The highest BCUT2D eigenvalue weighted by Gasteiger charge is 1.99. The van der Waals surface area contributed by atoms with Crippen LogP contribution in [0, 0.1) is 0 Å². The van der Waals surface area contributed by atoms with Gasteiger partial charge in [0.15, 0.2) is 0 Å². The number of nitrogens with one attached hydrogen (secondary N) is 1. The molecule has 1 N–H and O–H groups in total. The van der Waals surface area contributed by atoms with Crippen LogP contribution >= 0.6 is 27.5 Å². The second kappa shape index (κ2) is 4.48. The van der Waals surface area contributed by atoms with E-state index in [2.05, 4.69) is 32.8 Å². The number of pyridine rings is 1. The average Bonchev–Trinajstić information content (AvgIpc) is 2.03. The zero-order chi connectivity index (χ0) is 8.97. The molecule has 0 fully saturated rings. The van der Waals surface area contributed by atoms with E-state index in [1.165, 1.54) is 0 Å². The molecule has 0 saturated heterocycles. The summed E-state index contributed by atoms with van der Waals surface area (Å²) in [7, 11) is 0. The Labute approximate surface area is 84.8 Å². The lowest BCUT2D eigenvalue weighted by atomic mass is 10.4. The first-order chi connectivity index (χ1) is 5.74. The Morgan fingerprint density at radius 1 is 1.75 bits per heavy atom. The molecule has 0 radical (unpaired) electrons. The molecule has 0 aliphatic rings. The van der Waals surface area contributed by atoms with Crippen LogP contribution in [0.15, 0.2) is 29.4 Å². The van der Waals surface area contributed by atoms with Crippen LogP contribution in [-0.2, 0) is 0 Å². The van der Waals surface area contributed by atoms with Crippen LogP contribution in [-0.4, -0.2) is 11.5 Å². The van der Waals surface area contributed by atoms with E-state index in [1.54, 1.807) is 18.3 Å². The molecule has 1 heterocycles. The zero-order valence-electron chi connectivity index (χ0n) is 6.35. The average molecular weight is 248 g/mol. The van der Waals surface area contributed by atoms with Gasteiger partial charge >= 0.3 is 0 Å². The van der Waals surface area contributed by atoms with Gasteiger partial charge in [0.05, 0.1) is 5.02 Å². The Morgan fingerprint density at radius 3 is 3.08 bits per heavy atom. The maximum absolute atomic E-state index is 5.88. The Hall–Kier alpha value is -0.540. The molecule has 0 aliphatic heterocycles. The summed E-state index contributed by atoms with van der Waals surface area (Å²) in [5.41, 5.74) is 0. The van der Waals surface area contributed by atoms with E-state index in [9.17, 15) is 0 Å². The van der Waals surface area contributed by atoms with Crippen LogP contribution < -0.4 is 5.32 Å². The summed E-state index contributed by atoms with van der Waals surface area (Å²) in [5.74, 6) is 0.680. The molecule has 1 aromatic rings. The van der Waals surface area contributed by atoms with Gasteiger partial charge in [-0.25, -0.2) is 4.98 Å². The summed E-state index contributed by atoms with van der Waals surface area (Å²) in [4.78, 5) is 4.08. The standard InChI is InChI=1S/C8H8BrClN2/c1-2-3-11-8-7(10)4-6(9)5-12-8/h2,4-5H,1,3H2,(H,11,12). The largest absolute Gasteiger partial charge is 0.365 e. The monoisotopic (exact) mass is 246 g/mol. The van der Waals surface area contributed by atoms with Crippen molar-refractivity contribution >= 4 is 33.3 Å². The van der Waals surface area contributed by atoms with Gasteiger partial charge in [0.1, 0.15) is 5.82 Å². The van der Waals surface area contributed by atoms with Crippen LogP contribution in [0.5, 0.6) is 0 Å². The minimum absolute atomic E-state index is 0.603. The van der Waals surface area contributed by atoms with Crippen molar-refractivity contribution in [1.82, 2.24) is 4.98 Å². The second-order valence-corrected chi connectivity index (χ2v) is 3.48. The highest BCUT2D eigenvalue weighted by molar-refractivity contribution is 9.10. The first-order valence-electron chi connectivity index (χ1n) is 3.40. The third-order valence-electron chi connectivity index (χ3n) is 1.22. The van der Waals surface area contributed by atoms with Gasteiger partial charge in [-0.1, -0.05) is 17.7 Å². The molecule has 0 bridgehead atoms. The molecule has 64 valence electrons. The summed E-state index contributed by atoms with van der Waals surface area (Å²) in [6, 6.07) is 1.79. The van der Waals surface area contributed by atoms with E-state index in [0.29, 0.717) is 17.4 Å². The van der Waals surface area contributed by atoms with E-state index < -0.39 is 0 Å². The predicted molar refractivity (Wildman–Crippen MR) is 55.6 cm³/mol. The van der Waals surface area contributed by atoms with Crippen molar-refractivity contribution < 1.29 is 0 Å². The van der Waals surface area contributed by atoms with Crippen molar-refractivity contribution in [3.8, 4) is 0 Å². The van der Waals surface area contributed by atoms with Crippen LogP contribution in [0.2, 0.25) is 5.02 Å². The molecule has 12 heavy (non-hydrogen) atoms. The zero-order valence-corrected chi connectivity index (χ0v) is 8.69. The Bertz CT molecular complexity index is 288. The van der Waals surface area contributed by atoms with E-state index in [1.807, 2.05) is 0 Å². The molecular weight excluding hydrogens is 239 g/mol. The van der Waals surface area contributed by atoms with E-state index >= 15 is 0 Å². The summed E-state index contributed by atoms with van der Waals surface area (Å²) in [6.07, 6.45) is 3.44. The first kappa shape index (κ1) is 9.55. The van der Waals surface area contributed by atoms with E-state index in [4.69, 9.17) is 11.6 Å². The molecule has 0 atom stereocenters. The molecule has 0 aliphatic carbocycles. The molecule has 2 nitrogen and oxygen atoms in total. The van der Waals surface area contributed by atoms with Crippen molar-refractivity contribution in [3.63, 3.8) is 0 Å². The number of rotatable bonds is 3. The summed E-state index contributed by atoms with van der Waals surface area (Å²) in [6.45, 7) is 4.24. The Balaban J connectivity index is 2.78. The molecule has 4 heteroatoms. The van der Waals surface area contributed by atoms with Crippen molar-refractivity contribution in [2.45, 2.75) is 0 Å². The van der Waals surface area contributed by atoms with Gasteiger partial charge in [0.25, 0.3) is 0 Å². The summed E-state index contributed by atoms with van der Waals surface area (Å²) < 4.78 is 0.872. The van der Waals surface area contributed by atoms with Crippen LogP contribution in [0.25, 0.3) is 0 Å². The van der Waals surface area contributed by atoms with Gasteiger partial charge < -0.3 is 5.32 Å². The highest BCUT2D eigenvalue weighted by Crippen LogP contribution is 2.22. The molecule has 0 spiro atoms. The van der Waals surface area contributed by atoms with E-state index in [0.717, 1.165) is 4.47 Å². The summed E-state index contributed by atoms with van der Waals surface area (Å²) in [5, 5.41) is 3.61. The lowest BCUT2D eigenvalue weighted by Crippen LogP contribution is -2.00. The predicted octanol–water partition coefficient (Wildman–Crippen LogP) is 3.10. The lowest BCUT2D eigenvalue weighted by molar-refractivity contribution is 1.22. The second-order valence-electron chi connectivity index (χ2n) is 2.15.